The molecule has 0 rings (SSSR count). The van der Waals surface area contributed by atoms with Crippen molar-refractivity contribution in [2.75, 3.05) is 5.33 Å². The van der Waals surface area contributed by atoms with E-state index in [2.05, 4.69) is 15.9 Å². The van der Waals surface area contributed by atoms with Crippen LogP contribution in [0.5, 0.6) is 0 Å². The van der Waals surface area contributed by atoms with Crippen molar-refractivity contribution in [2.45, 2.75) is 33.1 Å². The Balaban J connectivity index is 4.28. The lowest BCUT2D eigenvalue weighted by Crippen LogP contribution is -2.37. The highest BCUT2D eigenvalue weighted by atomic mass is 79.9. The van der Waals surface area contributed by atoms with Crippen molar-refractivity contribution in [1.82, 2.24) is 0 Å². The highest BCUT2D eigenvalue weighted by Gasteiger charge is 2.43. The minimum absolute atomic E-state index is 0.0917. The fourth-order valence-electron chi connectivity index (χ4n) is 0.576. The van der Waals surface area contributed by atoms with Gasteiger partial charge in [0, 0.05) is 17.2 Å². The second-order valence-electron chi connectivity index (χ2n) is 3.08. The van der Waals surface area contributed by atoms with Gasteiger partial charge >= 0.3 is 0 Å². The van der Waals surface area contributed by atoms with Crippen LogP contribution in [0.3, 0.4) is 0 Å². The maximum atomic E-state index is 12.9. The van der Waals surface area contributed by atoms with Crippen molar-refractivity contribution in [2.24, 2.45) is 5.41 Å². The molecule has 0 unspecified atom stereocenters. The van der Waals surface area contributed by atoms with E-state index in [4.69, 9.17) is 0 Å². The summed E-state index contributed by atoms with van der Waals surface area (Å²) in [6.07, 6.45) is -0.0917. The first-order valence-electron chi connectivity index (χ1n) is 3.31. The molecule has 0 radical (unpaired) electrons. The molecule has 0 heterocycles. The van der Waals surface area contributed by atoms with Crippen LogP contribution in [-0.2, 0) is 0 Å². The molecule has 0 N–H and O–H groups in total. The van der Waals surface area contributed by atoms with Gasteiger partial charge < -0.3 is 0 Å². The third-order valence-electron chi connectivity index (χ3n) is 1.77. The Morgan fingerprint density at radius 3 is 1.80 bits per heavy atom. The Kier molecular flexibility index (Phi) is 3.27. The molecule has 0 bridgehead atoms. The normalized spacial score (nSPS) is 13.8. The van der Waals surface area contributed by atoms with Crippen LogP contribution in [0.1, 0.15) is 27.2 Å². The molecule has 10 heavy (non-hydrogen) atoms. The summed E-state index contributed by atoms with van der Waals surface area (Å²) in [6.45, 7) is 4.63. The summed E-state index contributed by atoms with van der Waals surface area (Å²) in [6, 6.07) is 0. The molecule has 0 saturated carbocycles. The third-order valence-corrected chi connectivity index (χ3v) is 3.17. The quantitative estimate of drug-likeness (QED) is 0.632. The van der Waals surface area contributed by atoms with Gasteiger partial charge in [0.15, 0.2) is 0 Å². The fraction of sp³-hybridized carbons (Fsp3) is 1.00. The largest absolute Gasteiger partial charge is 0.253 e. The lowest BCUT2D eigenvalue weighted by molar-refractivity contribution is -0.0956. The van der Waals surface area contributed by atoms with Crippen LogP contribution in [0.15, 0.2) is 0 Å². The van der Waals surface area contributed by atoms with Gasteiger partial charge in [0.05, 0.1) is 0 Å². The molecular weight excluding hydrogens is 202 g/mol. The zero-order valence-corrected chi connectivity index (χ0v) is 8.13. The first-order chi connectivity index (χ1) is 4.37. The first-order valence-corrected chi connectivity index (χ1v) is 4.43. The van der Waals surface area contributed by atoms with Gasteiger partial charge in [0.25, 0.3) is 5.92 Å². The van der Waals surface area contributed by atoms with Crippen molar-refractivity contribution < 1.29 is 8.78 Å². The zero-order valence-electron chi connectivity index (χ0n) is 6.55. The Labute approximate surface area is 69.1 Å². The maximum absolute atomic E-state index is 12.9. The van der Waals surface area contributed by atoms with E-state index in [1.54, 1.807) is 13.8 Å². The molecule has 3 heteroatoms. The molecular formula is C7H13BrF2. The smallest absolute Gasteiger partial charge is 0.206 e. The molecule has 0 spiro atoms. The summed E-state index contributed by atoms with van der Waals surface area (Å²) in [5, 5.41) is 0.334. The molecule has 0 aromatic carbocycles. The van der Waals surface area contributed by atoms with E-state index >= 15 is 0 Å². The van der Waals surface area contributed by atoms with E-state index in [1.807, 2.05) is 0 Å². The predicted molar refractivity (Wildman–Crippen MR) is 42.8 cm³/mol. The van der Waals surface area contributed by atoms with Crippen LogP contribution in [0.25, 0.3) is 0 Å². The van der Waals surface area contributed by atoms with Crippen LogP contribution in [0.2, 0.25) is 0 Å². The topological polar surface area (TPSA) is 0 Å². The minimum Gasteiger partial charge on any atom is -0.206 e. The predicted octanol–water partition coefficient (Wildman–Crippen LogP) is 3.45. The SMILES string of the molecule is CCC(F)(F)C(C)(C)CBr. The number of halogens is 3. The van der Waals surface area contributed by atoms with Crippen molar-refractivity contribution in [3.05, 3.63) is 0 Å². The van der Waals surface area contributed by atoms with Crippen LogP contribution < -0.4 is 0 Å². The minimum atomic E-state index is -2.56. The molecule has 0 aliphatic carbocycles. The third kappa shape index (κ3) is 1.91. The van der Waals surface area contributed by atoms with Crippen LogP contribution >= 0.6 is 15.9 Å². The monoisotopic (exact) mass is 214 g/mol. The van der Waals surface area contributed by atoms with Gasteiger partial charge in [-0.2, -0.15) is 0 Å². The number of alkyl halides is 3. The molecule has 0 aliphatic heterocycles. The van der Waals surface area contributed by atoms with E-state index in [1.165, 1.54) is 6.92 Å². The summed E-state index contributed by atoms with van der Waals surface area (Å²) >= 11 is 3.07. The summed E-state index contributed by atoms with van der Waals surface area (Å²) in [4.78, 5) is 0. The molecule has 0 fully saturated rings. The van der Waals surface area contributed by atoms with Crippen LogP contribution in [-0.4, -0.2) is 11.3 Å². The molecule has 0 saturated heterocycles. The summed E-state index contributed by atoms with van der Waals surface area (Å²) in [5.74, 6) is -2.56. The molecule has 0 aromatic rings. The van der Waals surface area contributed by atoms with Crippen molar-refractivity contribution in [3.8, 4) is 0 Å². The summed E-state index contributed by atoms with van der Waals surface area (Å²) in [5.41, 5.74) is -0.929. The summed E-state index contributed by atoms with van der Waals surface area (Å²) < 4.78 is 25.8. The van der Waals surface area contributed by atoms with Crippen molar-refractivity contribution >= 4 is 15.9 Å². The lowest BCUT2D eigenvalue weighted by Gasteiger charge is -2.31. The average Bonchev–Trinajstić information content (AvgIpc) is 1.88. The number of hydrogen-bond acceptors (Lipinski definition) is 0. The molecule has 0 aliphatic rings. The average molecular weight is 215 g/mol. The molecule has 0 amide bonds. The van der Waals surface area contributed by atoms with Gasteiger partial charge in [-0.1, -0.05) is 36.7 Å². The zero-order chi connectivity index (χ0) is 8.41. The van der Waals surface area contributed by atoms with Crippen molar-refractivity contribution in [1.29, 1.82) is 0 Å². The maximum Gasteiger partial charge on any atom is 0.253 e. The standard InChI is InChI=1S/C7H13BrF2/c1-4-7(9,10)6(2,3)5-8/h4-5H2,1-3H3. The van der Waals surface area contributed by atoms with Gasteiger partial charge in [-0.3, -0.25) is 0 Å². The molecule has 0 atom stereocenters. The Hall–Kier alpha value is 0.340. The molecule has 0 nitrogen and oxygen atoms in total. The van der Waals surface area contributed by atoms with Crippen LogP contribution in [0, 0.1) is 5.41 Å². The second-order valence-corrected chi connectivity index (χ2v) is 3.64. The Bertz CT molecular complexity index is 96.2. The first kappa shape index (κ1) is 10.3. The van der Waals surface area contributed by atoms with Gasteiger partial charge in [-0.25, -0.2) is 8.78 Å². The highest BCUT2D eigenvalue weighted by Crippen LogP contribution is 2.39. The van der Waals surface area contributed by atoms with E-state index < -0.39 is 11.3 Å². The Morgan fingerprint density at radius 2 is 1.70 bits per heavy atom. The summed E-state index contributed by atoms with van der Waals surface area (Å²) in [7, 11) is 0. The number of rotatable bonds is 3. The van der Waals surface area contributed by atoms with Crippen molar-refractivity contribution in [3.63, 3.8) is 0 Å². The van der Waals surface area contributed by atoms with Crippen LogP contribution in [0.4, 0.5) is 8.78 Å². The fourth-order valence-corrected chi connectivity index (χ4v) is 0.986. The van der Waals surface area contributed by atoms with E-state index in [0.29, 0.717) is 5.33 Å². The lowest BCUT2D eigenvalue weighted by atomic mass is 9.86. The van der Waals surface area contributed by atoms with Gasteiger partial charge in [-0.15, -0.1) is 0 Å². The van der Waals surface area contributed by atoms with Gasteiger partial charge in [0.1, 0.15) is 0 Å². The second kappa shape index (κ2) is 3.16. The molecule has 0 aromatic heterocycles. The Morgan fingerprint density at radius 1 is 1.30 bits per heavy atom. The highest BCUT2D eigenvalue weighted by molar-refractivity contribution is 9.09. The van der Waals surface area contributed by atoms with Gasteiger partial charge in [-0.05, 0) is 0 Å². The number of hydrogen-bond donors (Lipinski definition) is 0. The van der Waals surface area contributed by atoms with E-state index in [9.17, 15) is 8.78 Å². The van der Waals surface area contributed by atoms with Gasteiger partial charge in [0.2, 0.25) is 0 Å². The van der Waals surface area contributed by atoms with E-state index in [0.717, 1.165) is 0 Å². The molecule has 62 valence electrons. The van der Waals surface area contributed by atoms with E-state index in [-0.39, 0.29) is 6.42 Å².